The van der Waals surface area contributed by atoms with E-state index in [9.17, 15) is 4.79 Å². The number of hydrogen-bond acceptors (Lipinski definition) is 4. The number of aromatic nitrogens is 1. The Morgan fingerprint density at radius 1 is 1.03 bits per heavy atom. The lowest BCUT2D eigenvalue weighted by Gasteiger charge is -2.12. The summed E-state index contributed by atoms with van der Waals surface area (Å²) in [5.74, 6) is 0.577. The molecule has 1 N–H and O–H groups in total. The second kappa shape index (κ2) is 8.01. The summed E-state index contributed by atoms with van der Waals surface area (Å²) in [5.41, 5.74) is 5.25. The van der Waals surface area contributed by atoms with Crippen molar-refractivity contribution in [1.29, 1.82) is 0 Å². The fourth-order valence-corrected chi connectivity index (χ4v) is 3.60. The SMILES string of the molecule is COc1ccc(-c2nc3cc(C)c(C)cc3o2)cc1NC(=O)c1ccc(Cl)cc1Cl. The molecule has 7 heteroatoms. The number of fused-ring (bicyclic) bond motifs is 1. The molecule has 0 saturated carbocycles. The molecule has 4 aromatic rings. The molecule has 0 radical (unpaired) electrons. The van der Waals surface area contributed by atoms with Crippen LogP contribution in [0.2, 0.25) is 10.0 Å². The van der Waals surface area contributed by atoms with Crippen molar-refractivity contribution in [3.05, 3.63) is 75.3 Å². The van der Waals surface area contributed by atoms with E-state index in [1.807, 2.05) is 32.0 Å². The number of hydrogen-bond donors (Lipinski definition) is 1. The summed E-state index contributed by atoms with van der Waals surface area (Å²) < 4.78 is 11.3. The first-order chi connectivity index (χ1) is 14.4. The Kier molecular flexibility index (Phi) is 5.41. The third-order valence-electron chi connectivity index (χ3n) is 4.87. The summed E-state index contributed by atoms with van der Waals surface area (Å²) in [5, 5.41) is 3.56. The molecule has 30 heavy (non-hydrogen) atoms. The first-order valence-electron chi connectivity index (χ1n) is 9.18. The quantitative estimate of drug-likeness (QED) is 0.384. The van der Waals surface area contributed by atoms with E-state index in [1.165, 1.54) is 13.2 Å². The van der Waals surface area contributed by atoms with Gasteiger partial charge in [-0.3, -0.25) is 4.79 Å². The van der Waals surface area contributed by atoms with Gasteiger partial charge in [0.25, 0.3) is 5.91 Å². The zero-order valence-corrected chi connectivity index (χ0v) is 18.1. The molecule has 0 fully saturated rings. The monoisotopic (exact) mass is 440 g/mol. The third kappa shape index (κ3) is 3.86. The number of oxazole rings is 1. The van der Waals surface area contributed by atoms with Gasteiger partial charge in [0, 0.05) is 10.6 Å². The first-order valence-corrected chi connectivity index (χ1v) is 9.94. The highest BCUT2D eigenvalue weighted by Gasteiger charge is 2.16. The molecular weight excluding hydrogens is 423 g/mol. The molecule has 0 spiro atoms. The van der Waals surface area contributed by atoms with Gasteiger partial charge in [0.1, 0.15) is 11.3 Å². The van der Waals surface area contributed by atoms with Crippen LogP contribution >= 0.6 is 23.2 Å². The van der Waals surface area contributed by atoms with Crippen molar-refractivity contribution in [1.82, 2.24) is 4.98 Å². The molecule has 3 aromatic carbocycles. The van der Waals surface area contributed by atoms with Gasteiger partial charge in [-0.1, -0.05) is 23.2 Å². The molecule has 0 aliphatic carbocycles. The van der Waals surface area contributed by atoms with E-state index >= 15 is 0 Å². The lowest BCUT2D eigenvalue weighted by atomic mass is 10.1. The summed E-state index contributed by atoms with van der Waals surface area (Å²) in [4.78, 5) is 17.3. The maximum atomic E-state index is 12.7. The first kappa shape index (κ1) is 20.3. The molecule has 0 atom stereocenters. The van der Waals surface area contributed by atoms with Crippen LogP contribution < -0.4 is 10.1 Å². The third-order valence-corrected chi connectivity index (χ3v) is 5.42. The van der Waals surface area contributed by atoms with Crippen molar-refractivity contribution >= 4 is 45.9 Å². The normalized spacial score (nSPS) is 11.0. The molecule has 0 saturated heterocycles. The number of rotatable bonds is 4. The van der Waals surface area contributed by atoms with Gasteiger partial charge in [-0.2, -0.15) is 0 Å². The van der Waals surface area contributed by atoms with Gasteiger partial charge in [-0.05, 0) is 73.5 Å². The van der Waals surface area contributed by atoms with E-state index in [1.54, 1.807) is 24.3 Å². The largest absolute Gasteiger partial charge is 0.495 e. The fourth-order valence-electron chi connectivity index (χ4n) is 3.11. The number of aryl methyl sites for hydroxylation is 2. The molecule has 0 aliphatic heterocycles. The van der Waals surface area contributed by atoms with Crippen LogP contribution in [0.25, 0.3) is 22.6 Å². The summed E-state index contributed by atoms with van der Waals surface area (Å²) in [7, 11) is 1.53. The number of methoxy groups -OCH3 is 1. The Labute approximate surface area is 183 Å². The zero-order chi connectivity index (χ0) is 21.4. The van der Waals surface area contributed by atoms with E-state index in [0.29, 0.717) is 39.1 Å². The highest BCUT2D eigenvalue weighted by molar-refractivity contribution is 6.37. The van der Waals surface area contributed by atoms with Crippen LogP contribution in [0.1, 0.15) is 21.5 Å². The highest BCUT2D eigenvalue weighted by Crippen LogP contribution is 2.33. The molecule has 5 nitrogen and oxygen atoms in total. The van der Waals surface area contributed by atoms with Crippen molar-refractivity contribution in [3.8, 4) is 17.2 Å². The average molecular weight is 441 g/mol. The van der Waals surface area contributed by atoms with Gasteiger partial charge in [-0.25, -0.2) is 4.98 Å². The lowest BCUT2D eigenvalue weighted by Crippen LogP contribution is -2.13. The van der Waals surface area contributed by atoms with Crippen LogP contribution in [-0.2, 0) is 0 Å². The summed E-state index contributed by atoms with van der Waals surface area (Å²) in [6.45, 7) is 4.06. The number of ether oxygens (including phenoxy) is 1. The maximum absolute atomic E-state index is 12.7. The maximum Gasteiger partial charge on any atom is 0.257 e. The number of carbonyl (C=O) groups is 1. The molecule has 152 valence electrons. The predicted octanol–water partition coefficient (Wildman–Crippen LogP) is 6.68. The van der Waals surface area contributed by atoms with Crippen molar-refractivity contribution in [3.63, 3.8) is 0 Å². The molecule has 0 bridgehead atoms. The van der Waals surface area contributed by atoms with Gasteiger partial charge in [0.15, 0.2) is 5.58 Å². The minimum atomic E-state index is -0.379. The van der Waals surface area contributed by atoms with Crippen molar-refractivity contribution in [2.45, 2.75) is 13.8 Å². The van der Waals surface area contributed by atoms with Crippen molar-refractivity contribution in [2.24, 2.45) is 0 Å². The van der Waals surface area contributed by atoms with Crippen molar-refractivity contribution in [2.75, 3.05) is 12.4 Å². The van der Waals surface area contributed by atoms with Gasteiger partial charge in [0.2, 0.25) is 5.89 Å². The van der Waals surface area contributed by atoms with Crippen LogP contribution in [0.3, 0.4) is 0 Å². The van der Waals surface area contributed by atoms with E-state index in [4.69, 9.17) is 32.4 Å². The number of carbonyl (C=O) groups excluding carboxylic acids is 1. The van der Waals surface area contributed by atoms with Crippen LogP contribution in [0.4, 0.5) is 5.69 Å². The topological polar surface area (TPSA) is 64.4 Å². The van der Waals surface area contributed by atoms with Crippen LogP contribution in [0, 0.1) is 13.8 Å². The summed E-state index contributed by atoms with van der Waals surface area (Å²) >= 11 is 12.1. The molecule has 0 aliphatic rings. The van der Waals surface area contributed by atoms with Crippen molar-refractivity contribution < 1.29 is 13.9 Å². The molecule has 1 amide bonds. The van der Waals surface area contributed by atoms with Crippen LogP contribution in [-0.4, -0.2) is 18.0 Å². The Balaban J connectivity index is 1.71. The number of nitrogens with one attached hydrogen (secondary N) is 1. The lowest BCUT2D eigenvalue weighted by molar-refractivity contribution is 0.102. The van der Waals surface area contributed by atoms with Gasteiger partial charge < -0.3 is 14.5 Å². The fraction of sp³-hybridized carbons (Fsp3) is 0.130. The second-order valence-electron chi connectivity index (χ2n) is 6.92. The Bertz CT molecular complexity index is 1240. The van der Waals surface area contributed by atoms with E-state index in [2.05, 4.69) is 10.3 Å². The minimum Gasteiger partial charge on any atom is -0.495 e. The van der Waals surface area contributed by atoms with E-state index < -0.39 is 0 Å². The predicted molar refractivity (Wildman–Crippen MR) is 120 cm³/mol. The van der Waals surface area contributed by atoms with E-state index in [-0.39, 0.29) is 10.9 Å². The van der Waals surface area contributed by atoms with E-state index in [0.717, 1.165) is 16.6 Å². The Hall–Kier alpha value is -3.02. The number of anilines is 1. The van der Waals surface area contributed by atoms with Gasteiger partial charge in [0.05, 0.1) is 23.4 Å². The number of benzene rings is 3. The number of amides is 1. The average Bonchev–Trinajstić information content (AvgIpc) is 3.10. The molecular formula is C23H18Cl2N2O3. The van der Waals surface area contributed by atoms with Gasteiger partial charge in [-0.15, -0.1) is 0 Å². The number of nitrogens with zero attached hydrogens (tertiary/aromatic N) is 1. The second-order valence-corrected chi connectivity index (χ2v) is 7.76. The molecule has 1 heterocycles. The zero-order valence-electron chi connectivity index (χ0n) is 16.5. The molecule has 4 rings (SSSR count). The van der Waals surface area contributed by atoms with Crippen LogP contribution in [0.15, 0.2) is 52.9 Å². The Morgan fingerprint density at radius 2 is 1.80 bits per heavy atom. The summed E-state index contributed by atoms with van der Waals surface area (Å²) in [6.07, 6.45) is 0. The number of halogens is 2. The smallest absolute Gasteiger partial charge is 0.257 e. The Morgan fingerprint density at radius 3 is 2.53 bits per heavy atom. The highest BCUT2D eigenvalue weighted by atomic mass is 35.5. The standard InChI is InChI=1S/C23H18Cl2N2O3/c1-12-8-18-21(9-13(12)2)30-23(27-18)14-4-7-20(29-3)19(10-14)26-22(28)16-6-5-15(24)11-17(16)25/h4-11H,1-3H3,(H,26,28). The van der Waals surface area contributed by atoms with Gasteiger partial charge >= 0.3 is 0 Å². The molecule has 1 aromatic heterocycles. The summed E-state index contributed by atoms with van der Waals surface area (Å²) in [6, 6.07) is 14.0. The van der Waals surface area contributed by atoms with Crippen LogP contribution in [0.5, 0.6) is 5.75 Å². The minimum absolute atomic E-state index is 0.264. The molecule has 0 unspecified atom stereocenters.